The van der Waals surface area contributed by atoms with E-state index in [4.69, 9.17) is 0 Å². The maximum atomic E-state index is 4.43. The Balaban J connectivity index is 1.82. The van der Waals surface area contributed by atoms with Gasteiger partial charge >= 0.3 is 0 Å². The Labute approximate surface area is 100 Å². The van der Waals surface area contributed by atoms with Crippen molar-refractivity contribution in [2.45, 2.75) is 20.3 Å². The molecule has 2 rings (SSSR count). The van der Waals surface area contributed by atoms with Crippen molar-refractivity contribution in [2.75, 3.05) is 26.7 Å². The summed E-state index contributed by atoms with van der Waals surface area (Å²) >= 11 is 1.79. The predicted octanol–water partition coefficient (Wildman–Crippen LogP) is 1.19. The van der Waals surface area contributed by atoms with Crippen molar-refractivity contribution in [3.8, 4) is 0 Å². The number of thiazole rings is 1. The first-order valence-corrected chi connectivity index (χ1v) is 6.41. The van der Waals surface area contributed by atoms with Crippen LogP contribution in [0.25, 0.3) is 0 Å². The van der Waals surface area contributed by atoms with Crippen LogP contribution in [-0.4, -0.2) is 42.5 Å². The Morgan fingerprint density at radius 1 is 1.44 bits per heavy atom. The van der Waals surface area contributed by atoms with Crippen LogP contribution in [0.2, 0.25) is 0 Å². The summed E-state index contributed by atoms with van der Waals surface area (Å²) in [5, 5.41) is 4.53. The molecule has 1 aliphatic heterocycles. The lowest BCUT2D eigenvalue weighted by atomic mass is 10.3. The van der Waals surface area contributed by atoms with Crippen LogP contribution in [0.3, 0.4) is 0 Å². The van der Waals surface area contributed by atoms with E-state index in [1.165, 1.54) is 10.6 Å². The fourth-order valence-corrected chi connectivity index (χ4v) is 2.75. The van der Waals surface area contributed by atoms with Gasteiger partial charge in [0.2, 0.25) is 0 Å². The van der Waals surface area contributed by atoms with Gasteiger partial charge in [-0.3, -0.25) is 4.99 Å². The number of hydrogen-bond acceptors (Lipinski definition) is 5. The lowest BCUT2D eigenvalue weighted by molar-refractivity contribution is 0.534. The second-order valence-corrected chi connectivity index (χ2v) is 5.33. The second kappa shape index (κ2) is 4.82. The van der Waals surface area contributed by atoms with Crippen molar-refractivity contribution in [3.05, 3.63) is 15.6 Å². The molecule has 1 N–H and O–H groups in total. The normalized spacial score (nSPS) is 15.4. The first-order chi connectivity index (χ1) is 7.66. The first-order valence-electron chi connectivity index (χ1n) is 5.59. The van der Waals surface area contributed by atoms with E-state index < -0.39 is 0 Å². The van der Waals surface area contributed by atoms with Gasteiger partial charge < -0.3 is 10.2 Å². The van der Waals surface area contributed by atoms with Gasteiger partial charge in [-0.05, 0) is 13.8 Å². The van der Waals surface area contributed by atoms with Crippen LogP contribution in [0.5, 0.6) is 0 Å². The van der Waals surface area contributed by atoms with Crippen molar-refractivity contribution >= 4 is 17.3 Å². The third-order valence-electron chi connectivity index (χ3n) is 2.69. The molecular weight excluding hydrogens is 220 g/mol. The van der Waals surface area contributed by atoms with Gasteiger partial charge in [0.15, 0.2) is 5.96 Å². The largest absolute Gasteiger partial charge is 0.356 e. The number of nitrogens with one attached hydrogen (secondary N) is 1. The highest BCUT2D eigenvalue weighted by Gasteiger charge is 2.11. The molecule has 1 aromatic heterocycles. The summed E-state index contributed by atoms with van der Waals surface area (Å²) < 4.78 is 0. The van der Waals surface area contributed by atoms with Crippen LogP contribution >= 0.6 is 11.3 Å². The third kappa shape index (κ3) is 2.52. The molecule has 0 amide bonds. The Kier molecular flexibility index (Phi) is 3.43. The van der Waals surface area contributed by atoms with E-state index in [1.807, 2.05) is 0 Å². The molecule has 0 saturated carbocycles. The number of aryl methyl sites for hydroxylation is 2. The molecule has 0 bridgehead atoms. The molecule has 0 aromatic carbocycles. The minimum atomic E-state index is 0.914. The van der Waals surface area contributed by atoms with E-state index in [9.17, 15) is 0 Å². The molecule has 0 saturated heterocycles. The first kappa shape index (κ1) is 11.4. The number of guanidine groups is 1. The van der Waals surface area contributed by atoms with Gasteiger partial charge in [0, 0.05) is 31.4 Å². The molecule has 0 unspecified atom stereocenters. The standard InChI is InChI=1S/C11H18N4S/c1-8-10(16-9(2)14-8)4-5-12-11-13-6-7-15(11)3/h4-7H2,1-3H3,(H,12,13). The summed E-state index contributed by atoms with van der Waals surface area (Å²) in [7, 11) is 2.07. The van der Waals surface area contributed by atoms with Crippen molar-refractivity contribution < 1.29 is 0 Å². The van der Waals surface area contributed by atoms with E-state index in [0.29, 0.717) is 0 Å². The summed E-state index contributed by atoms with van der Waals surface area (Å²) in [6, 6.07) is 0. The summed E-state index contributed by atoms with van der Waals surface area (Å²) in [5.41, 5.74) is 1.17. The molecule has 2 heterocycles. The number of aliphatic imine (C=N–C) groups is 1. The van der Waals surface area contributed by atoms with Crippen LogP contribution in [0, 0.1) is 13.8 Å². The predicted molar refractivity (Wildman–Crippen MR) is 68.2 cm³/mol. The van der Waals surface area contributed by atoms with Crippen molar-refractivity contribution in [1.82, 2.24) is 15.2 Å². The molecule has 0 atom stereocenters. The van der Waals surface area contributed by atoms with E-state index in [-0.39, 0.29) is 0 Å². The Morgan fingerprint density at radius 2 is 2.25 bits per heavy atom. The molecule has 1 aliphatic rings. The van der Waals surface area contributed by atoms with Crippen LogP contribution < -0.4 is 5.32 Å². The second-order valence-electron chi connectivity index (χ2n) is 4.05. The van der Waals surface area contributed by atoms with Crippen LogP contribution in [0.15, 0.2) is 4.99 Å². The van der Waals surface area contributed by atoms with Crippen molar-refractivity contribution in [2.24, 2.45) is 4.99 Å². The zero-order chi connectivity index (χ0) is 11.5. The molecule has 0 fully saturated rings. The topological polar surface area (TPSA) is 40.5 Å². The zero-order valence-corrected chi connectivity index (χ0v) is 10.9. The summed E-state index contributed by atoms with van der Waals surface area (Å²) in [4.78, 5) is 12.4. The van der Waals surface area contributed by atoms with Crippen LogP contribution in [-0.2, 0) is 6.42 Å². The van der Waals surface area contributed by atoms with Crippen molar-refractivity contribution in [1.29, 1.82) is 0 Å². The quantitative estimate of drug-likeness (QED) is 0.860. The molecule has 5 heteroatoms. The van der Waals surface area contributed by atoms with Gasteiger partial charge in [0.25, 0.3) is 0 Å². The summed E-state index contributed by atoms with van der Waals surface area (Å²) in [5.74, 6) is 1.03. The number of hydrogen-bond donors (Lipinski definition) is 1. The van der Waals surface area contributed by atoms with Gasteiger partial charge in [0.1, 0.15) is 0 Å². The highest BCUT2D eigenvalue weighted by atomic mass is 32.1. The minimum Gasteiger partial charge on any atom is -0.356 e. The van der Waals surface area contributed by atoms with Gasteiger partial charge in [-0.25, -0.2) is 4.98 Å². The third-order valence-corrected chi connectivity index (χ3v) is 3.83. The monoisotopic (exact) mass is 238 g/mol. The molecule has 0 radical (unpaired) electrons. The minimum absolute atomic E-state index is 0.914. The Hall–Kier alpha value is -1.10. The average Bonchev–Trinajstić information content (AvgIpc) is 2.75. The van der Waals surface area contributed by atoms with E-state index >= 15 is 0 Å². The fraction of sp³-hybridized carbons (Fsp3) is 0.636. The number of likely N-dealkylation sites (N-methyl/N-ethyl adjacent to an activating group) is 1. The lowest BCUT2D eigenvalue weighted by Crippen LogP contribution is -2.36. The molecular formula is C11H18N4S. The Morgan fingerprint density at radius 3 is 2.81 bits per heavy atom. The maximum absolute atomic E-state index is 4.43. The average molecular weight is 238 g/mol. The van der Waals surface area contributed by atoms with Gasteiger partial charge in [-0.15, -0.1) is 11.3 Å². The van der Waals surface area contributed by atoms with E-state index in [1.54, 1.807) is 11.3 Å². The summed E-state index contributed by atoms with van der Waals surface area (Å²) in [6.45, 7) is 7.02. The smallest absolute Gasteiger partial charge is 0.193 e. The molecule has 88 valence electrons. The van der Waals surface area contributed by atoms with Crippen molar-refractivity contribution in [3.63, 3.8) is 0 Å². The zero-order valence-electron chi connectivity index (χ0n) is 10.1. The highest BCUT2D eigenvalue weighted by molar-refractivity contribution is 7.11. The summed E-state index contributed by atoms with van der Waals surface area (Å²) in [6.07, 6.45) is 1.03. The SMILES string of the molecule is Cc1nc(C)c(CCNC2=NCCN2C)s1. The van der Waals surface area contributed by atoms with E-state index in [2.05, 4.69) is 41.1 Å². The molecule has 4 nitrogen and oxygen atoms in total. The van der Waals surface area contributed by atoms with Gasteiger partial charge in [-0.1, -0.05) is 0 Å². The van der Waals surface area contributed by atoms with E-state index in [0.717, 1.165) is 37.0 Å². The molecule has 0 spiro atoms. The molecule has 16 heavy (non-hydrogen) atoms. The molecule has 1 aromatic rings. The van der Waals surface area contributed by atoms with Crippen LogP contribution in [0.1, 0.15) is 15.6 Å². The number of nitrogens with zero attached hydrogens (tertiary/aromatic N) is 3. The molecule has 0 aliphatic carbocycles. The fourth-order valence-electron chi connectivity index (χ4n) is 1.82. The lowest BCUT2D eigenvalue weighted by Gasteiger charge is -2.14. The Bertz CT molecular complexity index is 397. The number of rotatable bonds is 3. The number of aromatic nitrogens is 1. The van der Waals surface area contributed by atoms with Gasteiger partial charge in [-0.2, -0.15) is 0 Å². The van der Waals surface area contributed by atoms with Crippen LogP contribution in [0.4, 0.5) is 0 Å². The highest BCUT2D eigenvalue weighted by Crippen LogP contribution is 2.17. The van der Waals surface area contributed by atoms with Gasteiger partial charge in [0.05, 0.1) is 17.2 Å². The maximum Gasteiger partial charge on any atom is 0.193 e.